The molecule has 0 spiro atoms. The Morgan fingerprint density at radius 1 is 0.889 bits per heavy atom. The average Bonchev–Trinajstić information content (AvgIpc) is 3.18. The lowest BCUT2D eigenvalue weighted by Crippen LogP contribution is -2.03. The van der Waals surface area contributed by atoms with Gasteiger partial charge in [0.2, 0.25) is 5.89 Å². The van der Waals surface area contributed by atoms with Crippen molar-refractivity contribution < 1.29 is 13.9 Å². The molecule has 0 saturated heterocycles. The zero-order valence-electron chi connectivity index (χ0n) is 14.8. The van der Waals surface area contributed by atoms with Crippen LogP contribution in [0.4, 0.5) is 0 Å². The first-order chi connectivity index (χ1) is 13.1. The van der Waals surface area contributed by atoms with Gasteiger partial charge in [-0.2, -0.15) is 0 Å². The fourth-order valence-corrected chi connectivity index (χ4v) is 3.15. The first-order valence-corrected chi connectivity index (χ1v) is 9.25. The molecule has 0 fully saturated rings. The molecule has 136 valence electrons. The molecule has 0 bridgehead atoms. The third-order valence-corrected chi connectivity index (χ3v) is 4.71. The van der Waals surface area contributed by atoms with Crippen molar-refractivity contribution >= 4 is 26.7 Å². The maximum absolute atomic E-state index is 6.00. The van der Waals surface area contributed by atoms with Gasteiger partial charge in [0.25, 0.3) is 5.89 Å². The van der Waals surface area contributed by atoms with Gasteiger partial charge in [-0.05, 0) is 66.2 Å². The maximum atomic E-state index is 6.00. The molecule has 5 nitrogen and oxygen atoms in total. The van der Waals surface area contributed by atoms with E-state index in [1.165, 1.54) is 0 Å². The van der Waals surface area contributed by atoms with Crippen molar-refractivity contribution in [2.45, 2.75) is 13.0 Å². The Balaban J connectivity index is 1.52. The number of hydrogen-bond donors (Lipinski definition) is 0. The lowest BCUT2D eigenvalue weighted by atomic mass is 10.1. The van der Waals surface area contributed by atoms with Crippen LogP contribution in [0.25, 0.3) is 22.2 Å². The summed E-state index contributed by atoms with van der Waals surface area (Å²) in [6.07, 6.45) is -0.364. The largest absolute Gasteiger partial charge is 0.497 e. The topological polar surface area (TPSA) is 57.4 Å². The number of aromatic nitrogens is 2. The Morgan fingerprint density at radius 2 is 1.59 bits per heavy atom. The molecular weight excluding hydrogens is 408 g/mol. The van der Waals surface area contributed by atoms with E-state index in [4.69, 9.17) is 13.9 Å². The van der Waals surface area contributed by atoms with Gasteiger partial charge in [-0.25, -0.2) is 0 Å². The number of ether oxygens (including phenoxy) is 2. The summed E-state index contributed by atoms with van der Waals surface area (Å²) in [4.78, 5) is 0. The lowest BCUT2D eigenvalue weighted by molar-refractivity contribution is 0.190. The molecule has 1 atom stereocenters. The highest BCUT2D eigenvalue weighted by molar-refractivity contribution is 9.10. The molecule has 0 aliphatic rings. The molecule has 1 aromatic heterocycles. The number of halogens is 1. The highest BCUT2D eigenvalue weighted by atomic mass is 79.9. The van der Waals surface area contributed by atoms with Crippen molar-refractivity contribution in [3.8, 4) is 23.0 Å². The third kappa shape index (κ3) is 3.80. The van der Waals surface area contributed by atoms with E-state index in [1.807, 2.05) is 61.5 Å². The smallest absolute Gasteiger partial charge is 0.257 e. The lowest BCUT2D eigenvalue weighted by Gasteiger charge is -2.11. The zero-order chi connectivity index (χ0) is 18.8. The van der Waals surface area contributed by atoms with Gasteiger partial charge in [-0.15, -0.1) is 10.2 Å². The van der Waals surface area contributed by atoms with Crippen LogP contribution in [0.5, 0.6) is 11.5 Å². The first-order valence-electron chi connectivity index (χ1n) is 8.46. The standard InChI is InChI=1S/C21H17BrN2O3/c1-13(26-19-10-6-15-11-17(22)7-3-16(15)12-19)20-23-24-21(27-20)14-4-8-18(25-2)9-5-14/h3-13H,1-2H3. The van der Waals surface area contributed by atoms with Crippen LogP contribution in [-0.2, 0) is 0 Å². The zero-order valence-corrected chi connectivity index (χ0v) is 16.4. The molecule has 4 aromatic rings. The Hall–Kier alpha value is -2.86. The van der Waals surface area contributed by atoms with Crippen LogP contribution >= 0.6 is 15.9 Å². The second kappa shape index (κ2) is 7.40. The number of methoxy groups -OCH3 is 1. The highest BCUT2D eigenvalue weighted by Gasteiger charge is 2.17. The van der Waals surface area contributed by atoms with Crippen molar-refractivity contribution in [2.24, 2.45) is 0 Å². The maximum Gasteiger partial charge on any atom is 0.257 e. The number of hydrogen-bond acceptors (Lipinski definition) is 5. The second-order valence-corrected chi connectivity index (χ2v) is 7.00. The molecule has 0 saturated carbocycles. The summed E-state index contributed by atoms with van der Waals surface area (Å²) >= 11 is 3.49. The molecule has 6 heteroatoms. The van der Waals surface area contributed by atoms with Crippen LogP contribution in [0, 0.1) is 0 Å². The molecule has 0 aliphatic heterocycles. The Morgan fingerprint density at radius 3 is 2.37 bits per heavy atom. The van der Waals surface area contributed by atoms with Crippen LogP contribution < -0.4 is 9.47 Å². The SMILES string of the molecule is COc1ccc(-c2nnc(C(C)Oc3ccc4cc(Br)ccc4c3)o2)cc1. The second-order valence-electron chi connectivity index (χ2n) is 6.09. The van der Waals surface area contributed by atoms with Gasteiger partial charge < -0.3 is 13.9 Å². The number of benzene rings is 3. The Bertz CT molecular complexity index is 1080. The van der Waals surface area contributed by atoms with E-state index in [2.05, 4.69) is 32.2 Å². The van der Waals surface area contributed by atoms with E-state index < -0.39 is 0 Å². The summed E-state index contributed by atoms with van der Waals surface area (Å²) < 4.78 is 18.0. The van der Waals surface area contributed by atoms with Gasteiger partial charge >= 0.3 is 0 Å². The van der Waals surface area contributed by atoms with E-state index >= 15 is 0 Å². The summed E-state index contributed by atoms with van der Waals surface area (Å²) in [6.45, 7) is 1.89. The highest BCUT2D eigenvalue weighted by Crippen LogP contribution is 2.28. The molecular formula is C21H17BrN2O3. The molecule has 0 aliphatic carbocycles. The minimum Gasteiger partial charge on any atom is -0.497 e. The van der Waals surface area contributed by atoms with Crippen LogP contribution in [0.3, 0.4) is 0 Å². The van der Waals surface area contributed by atoms with Gasteiger partial charge in [-0.3, -0.25) is 0 Å². The van der Waals surface area contributed by atoms with Crippen LogP contribution in [-0.4, -0.2) is 17.3 Å². The Kier molecular flexibility index (Phi) is 4.81. The van der Waals surface area contributed by atoms with Crippen LogP contribution in [0.15, 0.2) is 69.6 Å². The number of rotatable bonds is 5. The predicted octanol–water partition coefficient (Wildman–Crippen LogP) is 5.80. The van der Waals surface area contributed by atoms with Gasteiger partial charge in [-0.1, -0.05) is 28.1 Å². The van der Waals surface area contributed by atoms with E-state index in [-0.39, 0.29) is 6.10 Å². The van der Waals surface area contributed by atoms with Crippen molar-refractivity contribution in [1.29, 1.82) is 0 Å². The van der Waals surface area contributed by atoms with E-state index in [1.54, 1.807) is 7.11 Å². The minimum absolute atomic E-state index is 0.364. The molecule has 0 N–H and O–H groups in total. The molecule has 27 heavy (non-hydrogen) atoms. The van der Waals surface area contributed by atoms with Crippen molar-refractivity contribution in [3.63, 3.8) is 0 Å². The molecule has 1 unspecified atom stereocenters. The van der Waals surface area contributed by atoms with E-state index in [9.17, 15) is 0 Å². The van der Waals surface area contributed by atoms with Crippen LogP contribution in [0.2, 0.25) is 0 Å². The number of fused-ring (bicyclic) bond motifs is 1. The summed E-state index contributed by atoms with van der Waals surface area (Å²) in [6, 6.07) is 19.6. The van der Waals surface area contributed by atoms with E-state index in [0.29, 0.717) is 11.8 Å². The summed E-state index contributed by atoms with van der Waals surface area (Å²) in [5, 5.41) is 10.5. The molecule has 0 radical (unpaired) electrons. The van der Waals surface area contributed by atoms with Gasteiger partial charge in [0.15, 0.2) is 6.10 Å². The first kappa shape index (κ1) is 17.5. The van der Waals surface area contributed by atoms with Gasteiger partial charge in [0, 0.05) is 10.0 Å². The fourth-order valence-electron chi connectivity index (χ4n) is 2.77. The third-order valence-electron chi connectivity index (χ3n) is 4.21. The minimum atomic E-state index is -0.364. The molecule has 4 rings (SSSR count). The summed E-state index contributed by atoms with van der Waals surface area (Å²) in [7, 11) is 1.63. The van der Waals surface area contributed by atoms with Crippen molar-refractivity contribution in [3.05, 3.63) is 71.0 Å². The predicted molar refractivity (Wildman–Crippen MR) is 107 cm³/mol. The quantitative estimate of drug-likeness (QED) is 0.405. The normalized spacial score (nSPS) is 12.1. The summed E-state index contributed by atoms with van der Waals surface area (Å²) in [5.74, 6) is 2.41. The average molecular weight is 425 g/mol. The van der Waals surface area contributed by atoms with Gasteiger partial charge in [0.05, 0.1) is 7.11 Å². The molecule has 1 heterocycles. The van der Waals surface area contributed by atoms with Gasteiger partial charge in [0.1, 0.15) is 11.5 Å². The van der Waals surface area contributed by atoms with Crippen LogP contribution in [0.1, 0.15) is 18.9 Å². The molecule has 3 aromatic carbocycles. The fraction of sp³-hybridized carbons (Fsp3) is 0.143. The van der Waals surface area contributed by atoms with E-state index in [0.717, 1.165) is 32.3 Å². The summed E-state index contributed by atoms with van der Waals surface area (Å²) in [5.41, 5.74) is 0.832. The molecule has 0 amide bonds. The monoisotopic (exact) mass is 424 g/mol. The Labute approximate surface area is 165 Å². The number of nitrogens with zero attached hydrogens (tertiary/aromatic N) is 2. The van der Waals surface area contributed by atoms with Crippen molar-refractivity contribution in [1.82, 2.24) is 10.2 Å². The van der Waals surface area contributed by atoms with Crippen molar-refractivity contribution in [2.75, 3.05) is 7.11 Å².